The van der Waals surface area contributed by atoms with Gasteiger partial charge in [-0.25, -0.2) is 0 Å². The Labute approximate surface area is 219 Å². The third-order valence-electron chi connectivity index (χ3n) is 5.52. The number of benzene rings is 3. The lowest BCUT2D eigenvalue weighted by Crippen LogP contribution is -2.16. The molecular formula is C30H36O5S. The average Bonchev–Trinajstić information content (AvgIpc) is 2.85. The molecule has 192 valence electrons. The number of thioether (sulfide) groups is 1. The van der Waals surface area contributed by atoms with Gasteiger partial charge in [0, 0.05) is 11.3 Å². The minimum absolute atomic E-state index is 0.0615. The van der Waals surface area contributed by atoms with Gasteiger partial charge >= 0.3 is 5.97 Å². The highest BCUT2D eigenvalue weighted by Crippen LogP contribution is 2.35. The van der Waals surface area contributed by atoms with Crippen LogP contribution < -0.4 is 14.2 Å². The number of rotatable bonds is 13. The molecule has 0 heterocycles. The SMILES string of the molecule is CCOC(=O)CSc1ccc(OCCC(C)Oc2ccc(C(C)C)cc2Oc2ccccc2)cc1C. The number of carbonyl (C=O) groups is 1. The molecule has 0 N–H and O–H groups in total. The number of hydrogen-bond acceptors (Lipinski definition) is 6. The Balaban J connectivity index is 1.55. The molecule has 0 aliphatic rings. The number of aryl methyl sites for hydroxylation is 1. The van der Waals surface area contributed by atoms with Crippen molar-refractivity contribution in [1.82, 2.24) is 0 Å². The van der Waals surface area contributed by atoms with Crippen molar-refractivity contribution in [3.63, 3.8) is 0 Å². The van der Waals surface area contributed by atoms with E-state index in [-0.39, 0.29) is 12.1 Å². The van der Waals surface area contributed by atoms with Crippen molar-refractivity contribution in [2.45, 2.75) is 58.0 Å². The number of carbonyl (C=O) groups excluding carboxylic acids is 1. The summed E-state index contributed by atoms with van der Waals surface area (Å²) in [6.07, 6.45) is 0.656. The van der Waals surface area contributed by atoms with E-state index in [2.05, 4.69) is 26.0 Å². The van der Waals surface area contributed by atoms with E-state index in [0.29, 0.717) is 30.6 Å². The molecule has 0 aliphatic carbocycles. The van der Waals surface area contributed by atoms with E-state index < -0.39 is 0 Å². The number of para-hydroxylation sites is 1. The maximum Gasteiger partial charge on any atom is 0.316 e. The fourth-order valence-corrected chi connectivity index (χ4v) is 4.32. The largest absolute Gasteiger partial charge is 0.493 e. The molecule has 1 atom stereocenters. The predicted octanol–water partition coefficient (Wildman–Crippen LogP) is 7.80. The first-order valence-electron chi connectivity index (χ1n) is 12.4. The summed E-state index contributed by atoms with van der Waals surface area (Å²) in [6.45, 7) is 11.1. The minimum atomic E-state index is -0.201. The molecule has 1 unspecified atom stereocenters. The van der Waals surface area contributed by atoms with Crippen LogP contribution in [0, 0.1) is 6.92 Å². The first-order chi connectivity index (χ1) is 17.4. The normalized spacial score (nSPS) is 11.7. The van der Waals surface area contributed by atoms with Crippen LogP contribution in [0.2, 0.25) is 0 Å². The van der Waals surface area contributed by atoms with E-state index in [1.165, 1.54) is 17.3 Å². The zero-order valence-electron chi connectivity index (χ0n) is 21.8. The van der Waals surface area contributed by atoms with Crippen molar-refractivity contribution in [2.24, 2.45) is 0 Å². The summed E-state index contributed by atoms with van der Waals surface area (Å²) >= 11 is 1.48. The van der Waals surface area contributed by atoms with Crippen molar-refractivity contribution in [2.75, 3.05) is 19.0 Å². The van der Waals surface area contributed by atoms with E-state index >= 15 is 0 Å². The molecule has 36 heavy (non-hydrogen) atoms. The molecule has 0 radical (unpaired) electrons. The van der Waals surface area contributed by atoms with E-state index in [1.807, 2.05) is 75.4 Å². The third kappa shape index (κ3) is 8.52. The molecule has 3 aromatic carbocycles. The molecule has 5 nitrogen and oxygen atoms in total. The molecule has 0 aliphatic heterocycles. The fraction of sp³-hybridized carbons (Fsp3) is 0.367. The number of esters is 1. The Kier molecular flexibility index (Phi) is 10.6. The second kappa shape index (κ2) is 13.8. The smallest absolute Gasteiger partial charge is 0.316 e. The van der Waals surface area contributed by atoms with Gasteiger partial charge in [-0.2, -0.15) is 0 Å². The van der Waals surface area contributed by atoms with Gasteiger partial charge in [0.15, 0.2) is 11.5 Å². The first-order valence-corrected chi connectivity index (χ1v) is 13.4. The average molecular weight is 509 g/mol. The Bertz CT molecular complexity index is 1110. The van der Waals surface area contributed by atoms with Gasteiger partial charge in [-0.15, -0.1) is 11.8 Å². The molecule has 6 heteroatoms. The van der Waals surface area contributed by atoms with Gasteiger partial charge in [0.1, 0.15) is 11.5 Å². The van der Waals surface area contributed by atoms with Crippen LogP contribution in [0.3, 0.4) is 0 Å². The minimum Gasteiger partial charge on any atom is -0.493 e. The molecule has 0 fully saturated rings. The molecular weight excluding hydrogens is 472 g/mol. The van der Waals surface area contributed by atoms with Crippen LogP contribution in [-0.2, 0) is 9.53 Å². The molecule has 3 rings (SSSR count). The lowest BCUT2D eigenvalue weighted by molar-refractivity contribution is -0.139. The van der Waals surface area contributed by atoms with E-state index in [0.717, 1.165) is 34.1 Å². The van der Waals surface area contributed by atoms with Crippen LogP contribution in [0.4, 0.5) is 0 Å². The van der Waals surface area contributed by atoms with E-state index in [1.54, 1.807) is 0 Å². The maximum atomic E-state index is 11.6. The van der Waals surface area contributed by atoms with Gasteiger partial charge in [-0.05, 0) is 80.3 Å². The summed E-state index contributed by atoms with van der Waals surface area (Å²) in [6, 6.07) is 21.8. The summed E-state index contributed by atoms with van der Waals surface area (Å²) in [5, 5.41) is 0. The summed E-state index contributed by atoms with van der Waals surface area (Å²) in [5.41, 5.74) is 2.27. The fourth-order valence-electron chi connectivity index (χ4n) is 3.51. The molecule has 3 aromatic rings. The van der Waals surface area contributed by atoms with Gasteiger partial charge in [0.2, 0.25) is 0 Å². The highest BCUT2D eigenvalue weighted by molar-refractivity contribution is 8.00. The topological polar surface area (TPSA) is 54.0 Å². The van der Waals surface area contributed by atoms with Crippen molar-refractivity contribution in [1.29, 1.82) is 0 Å². The zero-order chi connectivity index (χ0) is 25.9. The quantitative estimate of drug-likeness (QED) is 0.173. The van der Waals surface area contributed by atoms with Gasteiger partial charge in [-0.1, -0.05) is 38.1 Å². The Morgan fingerprint density at radius 3 is 2.39 bits per heavy atom. The lowest BCUT2D eigenvalue weighted by Gasteiger charge is -2.19. The van der Waals surface area contributed by atoms with E-state index in [9.17, 15) is 4.79 Å². The second-order valence-electron chi connectivity index (χ2n) is 8.86. The van der Waals surface area contributed by atoms with Crippen molar-refractivity contribution in [3.05, 3.63) is 77.9 Å². The Hall–Kier alpha value is -3.12. The summed E-state index contributed by atoms with van der Waals surface area (Å²) in [5.74, 6) is 3.50. The highest BCUT2D eigenvalue weighted by Gasteiger charge is 2.14. The molecule has 0 aromatic heterocycles. The summed E-state index contributed by atoms with van der Waals surface area (Å²) < 4.78 is 23.4. The highest BCUT2D eigenvalue weighted by atomic mass is 32.2. The van der Waals surface area contributed by atoms with Crippen LogP contribution in [0.1, 0.15) is 51.2 Å². The van der Waals surface area contributed by atoms with Crippen molar-refractivity contribution < 1.29 is 23.7 Å². The second-order valence-corrected chi connectivity index (χ2v) is 9.88. The molecule has 0 amide bonds. The Morgan fingerprint density at radius 1 is 0.917 bits per heavy atom. The number of hydrogen-bond donors (Lipinski definition) is 0. The van der Waals surface area contributed by atoms with Crippen LogP contribution in [0.15, 0.2) is 71.6 Å². The number of ether oxygens (including phenoxy) is 4. The van der Waals surface area contributed by atoms with Crippen molar-refractivity contribution >= 4 is 17.7 Å². The monoisotopic (exact) mass is 508 g/mol. The first kappa shape index (κ1) is 27.5. The van der Waals surface area contributed by atoms with Crippen LogP contribution in [-0.4, -0.2) is 31.0 Å². The lowest BCUT2D eigenvalue weighted by atomic mass is 10.0. The van der Waals surface area contributed by atoms with Crippen molar-refractivity contribution in [3.8, 4) is 23.0 Å². The standard InChI is InChI=1S/C30H36O5S/c1-6-32-30(31)20-36-29-15-13-26(18-22(29)4)33-17-16-23(5)34-27-14-12-24(21(2)3)19-28(27)35-25-10-8-7-9-11-25/h7-15,18-19,21,23H,6,16-17,20H2,1-5H3. The van der Waals surface area contributed by atoms with Gasteiger partial charge < -0.3 is 18.9 Å². The van der Waals surface area contributed by atoms with Crippen LogP contribution in [0.5, 0.6) is 23.0 Å². The predicted molar refractivity (Wildman–Crippen MR) is 146 cm³/mol. The van der Waals surface area contributed by atoms with Gasteiger partial charge in [-0.3, -0.25) is 4.79 Å². The summed E-state index contributed by atoms with van der Waals surface area (Å²) in [7, 11) is 0. The molecule has 0 saturated carbocycles. The zero-order valence-corrected chi connectivity index (χ0v) is 22.6. The third-order valence-corrected chi connectivity index (χ3v) is 6.67. The molecule has 0 saturated heterocycles. The van der Waals surface area contributed by atoms with Gasteiger partial charge in [0.25, 0.3) is 0 Å². The van der Waals surface area contributed by atoms with Gasteiger partial charge in [0.05, 0.1) is 25.1 Å². The molecule has 0 bridgehead atoms. The van der Waals surface area contributed by atoms with Crippen LogP contribution >= 0.6 is 11.8 Å². The maximum absolute atomic E-state index is 11.6. The van der Waals surface area contributed by atoms with Crippen LogP contribution in [0.25, 0.3) is 0 Å². The Morgan fingerprint density at radius 2 is 1.69 bits per heavy atom. The summed E-state index contributed by atoms with van der Waals surface area (Å²) in [4.78, 5) is 12.6. The van der Waals surface area contributed by atoms with E-state index in [4.69, 9.17) is 18.9 Å². The molecule has 0 spiro atoms.